The summed E-state index contributed by atoms with van der Waals surface area (Å²) in [7, 11) is 0. The Balaban J connectivity index is 1.63. The first-order valence-electron chi connectivity index (χ1n) is 12.4. The topological polar surface area (TPSA) is 99.6 Å². The summed E-state index contributed by atoms with van der Waals surface area (Å²) in [6.45, 7) is 12.4. The number of aliphatic hydroxyl groups excluding tert-OH is 1. The van der Waals surface area contributed by atoms with E-state index in [2.05, 4.69) is 18.4 Å². The number of amides is 2. The quantitative estimate of drug-likeness (QED) is 0.340. The fraction of sp³-hybridized carbons (Fsp3) is 0.792. The van der Waals surface area contributed by atoms with Gasteiger partial charge in [0.15, 0.2) is 0 Å². The second-order valence-corrected chi connectivity index (χ2v) is 11.1. The molecular weight excluding hydrogens is 458 g/mol. The number of fused-ring (bicyclic) bond motifs is 1. The van der Waals surface area contributed by atoms with Gasteiger partial charge in [-0.25, -0.2) is 0 Å². The predicted molar refractivity (Wildman–Crippen MR) is 128 cm³/mol. The fourth-order valence-electron chi connectivity index (χ4n) is 6.36. The van der Waals surface area contributed by atoms with Crippen LogP contribution < -0.4 is 0 Å². The van der Waals surface area contributed by atoms with E-state index in [1.54, 1.807) is 29.7 Å². The number of β-amino-alcohol motifs (C(OH)–C–C–N with tert-alkyl or cyclic N) is 1. The molecule has 0 radical (unpaired) electrons. The molecular formula is C24H37N3O6S. The number of thioether (sulfide) groups is 1. The summed E-state index contributed by atoms with van der Waals surface area (Å²) in [5.41, 5.74) is 0. The molecule has 6 atom stereocenters. The number of likely N-dealkylation sites (tertiary alicyclic amines) is 1. The van der Waals surface area contributed by atoms with Crippen molar-refractivity contribution in [2.75, 3.05) is 65.7 Å². The molecule has 10 heteroatoms. The van der Waals surface area contributed by atoms with E-state index in [1.165, 1.54) is 4.90 Å². The van der Waals surface area contributed by atoms with Gasteiger partial charge in [0.25, 0.3) is 0 Å². The van der Waals surface area contributed by atoms with Crippen LogP contribution in [-0.4, -0.2) is 119 Å². The standard InChI is InChI=1S/C24H37N3O6S/c1-4-6-26(8-7-25-10-13-32-14-11-25)22(30)20-24-16(3)15-17(34-24)18(23(31)33-5-2)19(24)21(29)27(20)9-12-28/h4,16-20,28H,1,5-15H2,2-3H3/t16?,17-,18+,19+,20?,24?/m1/s1. The molecule has 4 aliphatic rings. The van der Waals surface area contributed by atoms with Gasteiger partial charge >= 0.3 is 5.97 Å². The number of aliphatic hydroxyl groups is 1. The van der Waals surface area contributed by atoms with Crippen LogP contribution in [0.25, 0.3) is 0 Å². The molecule has 2 amide bonds. The minimum atomic E-state index is -0.716. The first-order chi connectivity index (χ1) is 16.4. The number of ether oxygens (including phenoxy) is 2. The van der Waals surface area contributed by atoms with Gasteiger partial charge < -0.3 is 24.4 Å². The fourth-order valence-corrected chi connectivity index (χ4v) is 8.76. The van der Waals surface area contributed by atoms with Crippen LogP contribution in [0.2, 0.25) is 0 Å². The second-order valence-electron chi connectivity index (χ2n) is 9.59. The molecule has 34 heavy (non-hydrogen) atoms. The highest BCUT2D eigenvalue weighted by Gasteiger charge is 2.76. The van der Waals surface area contributed by atoms with Crippen molar-refractivity contribution in [1.29, 1.82) is 0 Å². The molecule has 4 aliphatic heterocycles. The lowest BCUT2D eigenvalue weighted by Gasteiger charge is -2.40. The summed E-state index contributed by atoms with van der Waals surface area (Å²) in [4.78, 5) is 46.3. The van der Waals surface area contributed by atoms with E-state index >= 15 is 0 Å². The van der Waals surface area contributed by atoms with Crippen molar-refractivity contribution >= 4 is 29.5 Å². The van der Waals surface area contributed by atoms with E-state index in [-0.39, 0.29) is 48.7 Å². The van der Waals surface area contributed by atoms with Gasteiger partial charge in [-0.2, -0.15) is 0 Å². The van der Waals surface area contributed by atoms with Crippen molar-refractivity contribution in [3.63, 3.8) is 0 Å². The van der Waals surface area contributed by atoms with Crippen LogP contribution in [-0.2, 0) is 23.9 Å². The van der Waals surface area contributed by atoms with Crippen molar-refractivity contribution in [1.82, 2.24) is 14.7 Å². The molecule has 0 aromatic heterocycles. The highest BCUT2D eigenvalue weighted by Crippen LogP contribution is 2.68. The number of hydrogen-bond donors (Lipinski definition) is 1. The van der Waals surface area contributed by atoms with Crippen LogP contribution in [0.3, 0.4) is 0 Å². The average molecular weight is 496 g/mol. The van der Waals surface area contributed by atoms with Gasteiger partial charge in [-0.3, -0.25) is 19.3 Å². The van der Waals surface area contributed by atoms with E-state index in [0.29, 0.717) is 26.3 Å². The van der Waals surface area contributed by atoms with Crippen molar-refractivity contribution in [2.45, 2.75) is 36.3 Å². The zero-order valence-electron chi connectivity index (χ0n) is 20.2. The molecule has 0 aromatic rings. The zero-order valence-corrected chi connectivity index (χ0v) is 21.0. The molecule has 0 saturated carbocycles. The Labute approximate surface area is 205 Å². The lowest BCUT2D eigenvalue weighted by atomic mass is 9.66. The minimum Gasteiger partial charge on any atom is -0.466 e. The van der Waals surface area contributed by atoms with Crippen LogP contribution in [0.4, 0.5) is 0 Å². The third-order valence-electron chi connectivity index (χ3n) is 7.83. The smallest absolute Gasteiger partial charge is 0.310 e. The van der Waals surface area contributed by atoms with E-state index in [0.717, 1.165) is 26.1 Å². The molecule has 2 bridgehead atoms. The van der Waals surface area contributed by atoms with Crippen LogP contribution in [0.15, 0.2) is 12.7 Å². The zero-order chi connectivity index (χ0) is 24.5. The summed E-state index contributed by atoms with van der Waals surface area (Å²) >= 11 is 1.63. The molecule has 4 rings (SSSR count). The maximum atomic E-state index is 14.1. The second kappa shape index (κ2) is 10.6. The first kappa shape index (κ1) is 25.5. The number of rotatable bonds is 10. The minimum absolute atomic E-state index is 0.0317. The first-order valence-corrected chi connectivity index (χ1v) is 13.2. The Hall–Kier alpha value is -1.62. The number of hydrogen-bond acceptors (Lipinski definition) is 8. The number of esters is 1. The molecule has 9 nitrogen and oxygen atoms in total. The summed E-state index contributed by atoms with van der Waals surface area (Å²) in [6.07, 6.45) is 2.48. The van der Waals surface area contributed by atoms with E-state index in [9.17, 15) is 19.5 Å². The van der Waals surface area contributed by atoms with Gasteiger partial charge in [-0.1, -0.05) is 13.0 Å². The third kappa shape index (κ3) is 4.16. The van der Waals surface area contributed by atoms with Gasteiger partial charge in [0.05, 0.1) is 43.0 Å². The van der Waals surface area contributed by atoms with Crippen molar-refractivity contribution < 1.29 is 29.0 Å². The van der Waals surface area contributed by atoms with E-state index in [4.69, 9.17) is 9.47 Å². The highest BCUT2D eigenvalue weighted by molar-refractivity contribution is 8.02. The molecule has 190 valence electrons. The van der Waals surface area contributed by atoms with Crippen molar-refractivity contribution in [3.05, 3.63) is 12.7 Å². The van der Waals surface area contributed by atoms with E-state index in [1.807, 2.05) is 0 Å². The van der Waals surface area contributed by atoms with Crippen LogP contribution in [0.5, 0.6) is 0 Å². The number of carbonyl (C=O) groups is 3. The Kier molecular flexibility index (Phi) is 7.91. The Bertz CT molecular complexity index is 806. The average Bonchev–Trinajstić information content (AvgIpc) is 3.41. The summed E-state index contributed by atoms with van der Waals surface area (Å²) < 4.78 is 10.1. The van der Waals surface area contributed by atoms with Crippen LogP contribution >= 0.6 is 11.8 Å². The lowest BCUT2D eigenvalue weighted by molar-refractivity contribution is -0.154. The molecule has 3 unspecified atom stereocenters. The Morgan fingerprint density at radius 3 is 2.74 bits per heavy atom. The monoisotopic (exact) mass is 495 g/mol. The normalized spacial score (nSPS) is 34.9. The van der Waals surface area contributed by atoms with Gasteiger partial charge in [-0.15, -0.1) is 18.3 Å². The molecule has 1 N–H and O–H groups in total. The van der Waals surface area contributed by atoms with Gasteiger partial charge in [0.2, 0.25) is 11.8 Å². The summed E-state index contributed by atoms with van der Waals surface area (Å²) in [5.74, 6) is -1.74. The third-order valence-corrected chi connectivity index (χ3v) is 9.91. The maximum absolute atomic E-state index is 14.1. The Morgan fingerprint density at radius 1 is 1.35 bits per heavy atom. The van der Waals surface area contributed by atoms with Gasteiger partial charge in [0.1, 0.15) is 6.04 Å². The molecule has 4 fully saturated rings. The molecule has 0 aliphatic carbocycles. The van der Waals surface area contributed by atoms with Crippen molar-refractivity contribution in [2.24, 2.45) is 17.8 Å². The van der Waals surface area contributed by atoms with Gasteiger partial charge in [-0.05, 0) is 19.3 Å². The summed E-state index contributed by atoms with van der Waals surface area (Å²) in [6, 6.07) is -0.716. The molecule has 4 saturated heterocycles. The number of morpholine rings is 1. The SMILES string of the molecule is C=CCN(CCN1CCOCC1)C(=O)C1N(CCO)C(=O)[C@@H]2[C@@H](C(=O)OCC)[C@H]3CC(C)C12S3. The Morgan fingerprint density at radius 2 is 2.09 bits per heavy atom. The largest absolute Gasteiger partial charge is 0.466 e. The van der Waals surface area contributed by atoms with Crippen molar-refractivity contribution in [3.8, 4) is 0 Å². The molecule has 4 heterocycles. The highest BCUT2D eigenvalue weighted by atomic mass is 32.2. The maximum Gasteiger partial charge on any atom is 0.310 e. The van der Waals surface area contributed by atoms with E-state index < -0.39 is 22.6 Å². The van der Waals surface area contributed by atoms with Crippen LogP contribution in [0, 0.1) is 17.8 Å². The number of carbonyl (C=O) groups excluding carboxylic acids is 3. The van der Waals surface area contributed by atoms with Crippen LogP contribution in [0.1, 0.15) is 20.3 Å². The summed E-state index contributed by atoms with van der Waals surface area (Å²) in [5, 5.41) is 9.73. The predicted octanol–water partition coefficient (Wildman–Crippen LogP) is 0.226. The number of nitrogens with zero attached hydrogens (tertiary/aromatic N) is 3. The lowest BCUT2D eigenvalue weighted by Crippen LogP contribution is -2.58. The molecule has 0 aromatic carbocycles. The molecule has 1 spiro atoms. The van der Waals surface area contributed by atoms with Gasteiger partial charge in [0, 0.05) is 44.5 Å².